The highest BCUT2D eigenvalue weighted by atomic mass is 14.8. The molecule has 0 spiro atoms. The predicted octanol–water partition coefficient (Wildman–Crippen LogP) is 5.83. The molecule has 126 valence electrons. The van der Waals surface area contributed by atoms with Crippen molar-refractivity contribution in [3.05, 3.63) is 82.9 Å². The molecule has 0 unspecified atom stereocenters. The summed E-state index contributed by atoms with van der Waals surface area (Å²) >= 11 is 0. The van der Waals surface area contributed by atoms with Gasteiger partial charge in [0.05, 0.1) is 0 Å². The van der Waals surface area contributed by atoms with Crippen LogP contribution in [0.2, 0.25) is 0 Å². The van der Waals surface area contributed by atoms with E-state index in [0.717, 1.165) is 19.5 Å². The fourth-order valence-electron chi connectivity index (χ4n) is 3.80. The van der Waals surface area contributed by atoms with Crippen molar-refractivity contribution in [3.8, 4) is 0 Å². The second-order valence-electron chi connectivity index (χ2n) is 6.89. The summed E-state index contributed by atoms with van der Waals surface area (Å²) in [6.07, 6.45) is 5.87. The Hall–Kier alpha value is -2.38. The van der Waals surface area contributed by atoms with Gasteiger partial charge >= 0.3 is 0 Å². The largest absolute Gasteiger partial charge is 0.313 e. The summed E-state index contributed by atoms with van der Waals surface area (Å²) in [6.45, 7) is 4.26. The zero-order chi connectivity index (χ0) is 17.1. The third kappa shape index (κ3) is 3.25. The predicted molar refractivity (Wildman–Crippen MR) is 109 cm³/mol. The lowest BCUT2D eigenvalue weighted by Gasteiger charge is -2.15. The number of hydrogen-bond donors (Lipinski definition) is 1. The lowest BCUT2D eigenvalue weighted by atomic mass is 9.93. The van der Waals surface area contributed by atoms with Crippen LogP contribution >= 0.6 is 0 Å². The molecule has 1 heteroatoms. The van der Waals surface area contributed by atoms with Crippen LogP contribution in [0.5, 0.6) is 0 Å². The molecule has 3 aromatic carbocycles. The highest BCUT2D eigenvalue weighted by Crippen LogP contribution is 2.35. The van der Waals surface area contributed by atoms with E-state index in [1.165, 1.54) is 51.4 Å². The Labute approximate surface area is 150 Å². The standard InChI is InChI=1S/C24H25N/c1-2-3-14-25-17-24-22-11-7-6-8-18(22)12-13-23(24)21-15-19-9-4-5-10-20(19)16-21/h4-13,15,25H,2-3,14,16-17H2,1H3. The Kier molecular flexibility index (Phi) is 4.67. The van der Waals surface area contributed by atoms with Gasteiger partial charge in [-0.15, -0.1) is 0 Å². The van der Waals surface area contributed by atoms with E-state index in [9.17, 15) is 0 Å². The van der Waals surface area contributed by atoms with Crippen molar-refractivity contribution in [3.63, 3.8) is 0 Å². The first-order valence-electron chi connectivity index (χ1n) is 9.37. The van der Waals surface area contributed by atoms with Crippen LogP contribution in [-0.2, 0) is 13.0 Å². The van der Waals surface area contributed by atoms with E-state index in [4.69, 9.17) is 0 Å². The monoisotopic (exact) mass is 327 g/mol. The summed E-state index contributed by atoms with van der Waals surface area (Å²) in [6, 6.07) is 22.1. The van der Waals surface area contributed by atoms with Gasteiger partial charge in [0.25, 0.3) is 0 Å². The van der Waals surface area contributed by atoms with Gasteiger partial charge in [0.15, 0.2) is 0 Å². The van der Waals surface area contributed by atoms with Gasteiger partial charge in [0.1, 0.15) is 0 Å². The number of rotatable bonds is 6. The molecule has 0 amide bonds. The van der Waals surface area contributed by atoms with Crippen LogP contribution in [0.1, 0.15) is 42.0 Å². The molecular weight excluding hydrogens is 302 g/mol. The smallest absolute Gasteiger partial charge is 0.0217 e. The first-order valence-corrected chi connectivity index (χ1v) is 9.37. The second-order valence-corrected chi connectivity index (χ2v) is 6.89. The number of benzene rings is 3. The van der Waals surface area contributed by atoms with Gasteiger partial charge in [-0.1, -0.05) is 80.1 Å². The molecule has 1 aliphatic rings. The lowest BCUT2D eigenvalue weighted by Crippen LogP contribution is -2.16. The van der Waals surface area contributed by atoms with Gasteiger partial charge < -0.3 is 5.32 Å². The van der Waals surface area contributed by atoms with Crippen molar-refractivity contribution in [2.45, 2.75) is 32.7 Å². The molecule has 1 nitrogen and oxygen atoms in total. The van der Waals surface area contributed by atoms with Gasteiger partial charge in [-0.3, -0.25) is 0 Å². The van der Waals surface area contributed by atoms with Crippen LogP contribution in [0.4, 0.5) is 0 Å². The van der Waals surface area contributed by atoms with E-state index in [0.29, 0.717) is 0 Å². The molecule has 0 heterocycles. The molecule has 0 saturated heterocycles. The van der Waals surface area contributed by atoms with Crippen molar-refractivity contribution in [2.24, 2.45) is 0 Å². The normalized spacial score (nSPS) is 13.1. The van der Waals surface area contributed by atoms with Crippen molar-refractivity contribution >= 4 is 22.4 Å². The minimum Gasteiger partial charge on any atom is -0.313 e. The number of nitrogens with one attached hydrogen (secondary N) is 1. The molecule has 4 rings (SSSR count). The summed E-state index contributed by atoms with van der Waals surface area (Å²) in [5, 5.41) is 6.36. The maximum absolute atomic E-state index is 3.65. The molecule has 0 aliphatic heterocycles. The highest BCUT2D eigenvalue weighted by Gasteiger charge is 2.17. The minimum atomic E-state index is 0.935. The van der Waals surface area contributed by atoms with E-state index < -0.39 is 0 Å². The van der Waals surface area contributed by atoms with Crippen molar-refractivity contribution in [1.82, 2.24) is 5.32 Å². The van der Waals surface area contributed by atoms with Gasteiger partial charge in [0, 0.05) is 6.54 Å². The van der Waals surface area contributed by atoms with Crippen molar-refractivity contribution < 1.29 is 0 Å². The summed E-state index contributed by atoms with van der Waals surface area (Å²) in [5.74, 6) is 0. The summed E-state index contributed by atoms with van der Waals surface area (Å²) in [7, 11) is 0. The van der Waals surface area contributed by atoms with Gasteiger partial charge in [0.2, 0.25) is 0 Å². The van der Waals surface area contributed by atoms with Crippen LogP contribution < -0.4 is 5.32 Å². The summed E-state index contributed by atoms with van der Waals surface area (Å²) in [5.41, 5.74) is 7.09. The molecule has 0 fully saturated rings. The average molecular weight is 327 g/mol. The van der Waals surface area contributed by atoms with Gasteiger partial charge in [-0.2, -0.15) is 0 Å². The Morgan fingerprint density at radius 2 is 1.76 bits per heavy atom. The number of fused-ring (bicyclic) bond motifs is 2. The molecule has 0 bridgehead atoms. The van der Waals surface area contributed by atoms with Crippen LogP contribution in [0.3, 0.4) is 0 Å². The fourth-order valence-corrected chi connectivity index (χ4v) is 3.80. The average Bonchev–Trinajstić information content (AvgIpc) is 3.09. The van der Waals surface area contributed by atoms with Crippen LogP contribution in [0.15, 0.2) is 60.7 Å². The molecule has 3 aromatic rings. The van der Waals surface area contributed by atoms with Crippen LogP contribution in [-0.4, -0.2) is 6.54 Å². The second kappa shape index (κ2) is 7.25. The molecule has 25 heavy (non-hydrogen) atoms. The molecule has 0 aromatic heterocycles. The van der Waals surface area contributed by atoms with Crippen molar-refractivity contribution in [2.75, 3.05) is 6.54 Å². The lowest BCUT2D eigenvalue weighted by molar-refractivity contribution is 0.643. The molecule has 0 atom stereocenters. The molecule has 1 aliphatic carbocycles. The Bertz CT molecular complexity index is 920. The minimum absolute atomic E-state index is 0.935. The van der Waals surface area contributed by atoms with Crippen LogP contribution in [0.25, 0.3) is 22.4 Å². The van der Waals surface area contributed by atoms with E-state index in [1.54, 1.807) is 0 Å². The highest BCUT2D eigenvalue weighted by molar-refractivity contribution is 5.96. The zero-order valence-electron chi connectivity index (χ0n) is 14.9. The summed E-state index contributed by atoms with van der Waals surface area (Å²) < 4.78 is 0. The third-order valence-electron chi connectivity index (χ3n) is 5.16. The molecule has 1 N–H and O–H groups in total. The molecular formula is C24H25N. The zero-order valence-corrected chi connectivity index (χ0v) is 14.9. The van der Waals surface area contributed by atoms with E-state index in [2.05, 4.69) is 79.0 Å². The van der Waals surface area contributed by atoms with Gasteiger partial charge in [-0.05, 0) is 58.0 Å². The Morgan fingerprint density at radius 3 is 2.64 bits per heavy atom. The Balaban J connectivity index is 1.73. The molecule has 0 radical (unpaired) electrons. The number of allylic oxidation sites excluding steroid dienone is 1. The van der Waals surface area contributed by atoms with Crippen molar-refractivity contribution in [1.29, 1.82) is 0 Å². The first kappa shape index (κ1) is 16.1. The quantitative estimate of drug-likeness (QED) is 0.562. The Morgan fingerprint density at radius 1 is 0.920 bits per heavy atom. The summed E-state index contributed by atoms with van der Waals surface area (Å²) in [4.78, 5) is 0. The number of hydrogen-bond acceptors (Lipinski definition) is 1. The SMILES string of the molecule is CCCCNCc1c(C2=Cc3ccccc3C2)ccc2ccccc12. The fraction of sp³-hybridized carbons (Fsp3) is 0.250. The topological polar surface area (TPSA) is 12.0 Å². The van der Waals surface area contributed by atoms with Crippen LogP contribution in [0, 0.1) is 0 Å². The van der Waals surface area contributed by atoms with E-state index in [-0.39, 0.29) is 0 Å². The van der Waals surface area contributed by atoms with E-state index >= 15 is 0 Å². The first-order chi connectivity index (χ1) is 12.4. The maximum atomic E-state index is 3.65. The number of unbranched alkanes of at least 4 members (excludes halogenated alkanes) is 1. The molecule has 0 saturated carbocycles. The third-order valence-corrected chi connectivity index (χ3v) is 5.16. The van der Waals surface area contributed by atoms with Gasteiger partial charge in [-0.25, -0.2) is 0 Å². The maximum Gasteiger partial charge on any atom is 0.0217 e. The van der Waals surface area contributed by atoms with E-state index in [1.807, 2.05) is 0 Å².